The van der Waals surface area contributed by atoms with Gasteiger partial charge in [-0.25, -0.2) is 4.39 Å². The van der Waals surface area contributed by atoms with Gasteiger partial charge in [0.2, 0.25) is 0 Å². The molecule has 2 aromatic rings. The van der Waals surface area contributed by atoms with Gasteiger partial charge in [0.05, 0.1) is 20.3 Å². The summed E-state index contributed by atoms with van der Waals surface area (Å²) in [4.78, 5) is 0. The standard InChI is InChI=1S/C15H15BrFNO2/c1-19-13-5-10(6-14(8-13)20-2)15(18)9-3-11(16)7-12(17)4-9/h3-8,15H,18H2,1-2H3. The number of benzene rings is 2. The largest absolute Gasteiger partial charge is 0.497 e. The second-order valence-electron chi connectivity index (χ2n) is 4.33. The third-order valence-corrected chi connectivity index (χ3v) is 3.43. The van der Waals surface area contributed by atoms with Gasteiger partial charge in [0.15, 0.2) is 0 Å². The Labute approximate surface area is 125 Å². The summed E-state index contributed by atoms with van der Waals surface area (Å²) in [6.07, 6.45) is 0. The SMILES string of the molecule is COc1cc(OC)cc(C(N)c2cc(F)cc(Br)c2)c1. The third kappa shape index (κ3) is 3.29. The number of hydrogen-bond acceptors (Lipinski definition) is 3. The summed E-state index contributed by atoms with van der Waals surface area (Å²) in [5.74, 6) is 0.954. The van der Waals surface area contributed by atoms with E-state index < -0.39 is 6.04 Å². The zero-order valence-electron chi connectivity index (χ0n) is 11.2. The first-order chi connectivity index (χ1) is 9.53. The molecule has 3 nitrogen and oxygen atoms in total. The van der Waals surface area contributed by atoms with Crippen LogP contribution in [0.1, 0.15) is 17.2 Å². The fourth-order valence-electron chi connectivity index (χ4n) is 1.96. The zero-order valence-corrected chi connectivity index (χ0v) is 12.8. The first-order valence-electron chi connectivity index (χ1n) is 5.98. The van der Waals surface area contributed by atoms with E-state index in [1.54, 1.807) is 26.4 Å². The second-order valence-corrected chi connectivity index (χ2v) is 5.24. The molecule has 0 saturated heterocycles. The summed E-state index contributed by atoms with van der Waals surface area (Å²) in [6, 6.07) is 9.52. The van der Waals surface area contributed by atoms with Crippen molar-refractivity contribution in [3.05, 3.63) is 57.8 Å². The molecule has 5 heteroatoms. The molecule has 0 bridgehead atoms. The van der Waals surface area contributed by atoms with Gasteiger partial charge >= 0.3 is 0 Å². The van der Waals surface area contributed by atoms with Gasteiger partial charge in [0.1, 0.15) is 17.3 Å². The molecule has 0 radical (unpaired) electrons. The van der Waals surface area contributed by atoms with Gasteiger partial charge in [-0.2, -0.15) is 0 Å². The Morgan fingerprint density at radius 1 is 0.950 bits per heavy atom. The summed E-state index contributed by atoms with van der Waals surface area (Å²) in [5, 5.41) is 0. The van der Waals surface area contributed by atoms with Crippen LogP contribution in [0.15, 0.2) is 40.9 Å². The van der Waals surface area contributed by atoms with Crippen LogP contribution in [0.4, 0.5) is 4.39 Å². The highest BCUT2D eigenvalue weighted by molar-refractivity contribution is 9.10. The first-order valence-corrected chi connectivity index (χ1v) is 6.77. The lowest BCUT2D eigenvalue weighted by molar-refractivity contribution is 0.393. The number of hydrogen-bond donors (Lipinski definition) is 1. The smallest absolute Gasteiger partial charge is 0.124 e. The van der Waals surface area contributed by atoms with E-state index >= 15 is 0 Å². The highest BCUT2D eigenvalue weighted by atomic mass is 79.9. The second kappa shape index (κ2) is 6.24. The molecule has 0 fully saturated rings. The van der Waals surface area contributed by atoms with Crippen LogP contribution in [0.3, 0.4) is 0 Å². The van der Waals surface area contributed by atoms with Crippen LogP contribution in [0.5, 0.6) is 11.5 Å². The van der Waals surface area contributed by atoms with Crippen LogP contribution >= 0.6 is 15.9 Å². The van der Waals surface area contributed by atoms with Gasteiger partial charge in [-0.05, 0) is 41.5 Å². The van der Waals surface area contributed by atoms with Gasteiger partial charge in [0.25, 0.3) is 0 Å². The van der Waals surface area contributed by atoms with Crippen LogP contribution in [-0.2, 0) is 0 Å². The minimum Gasteiger partial charge on any atom is -0.497 e. The normalized spacial score (nSPS) is 12.1. The summed E-state index contributed by atoms with van der Waals surface area (Å²) < 4.78 is 24.5. The Bertz CT molecular complexity index is 576. The zero-order chi connectivity index (χ0) is 14.7. The molecule has 0 heterocycles. The summed E-state index contributed by atoms with van der Waals surface area (Å²) in [6.45, 7) is 0. The predicted molar refractivity (Wildman–Crippen MR) is 79.7 cm³/mol. The van der Waals surface area contributed by atoms with Crippen LogP contribution in [0.25, 0.3) is 0 Å². The van der Waals surface area contributed by atoms with Crippen LogP contribution in [-0.4, -0.2) is 14.2 Å². The maximum Gasteiger partial charge on any atom is 0.124 e. The van der Waals surface area contributed by atoms with Crippen LogP contribution < -0.4 is 15.2 Å². The van der Waals surface area contributed by atoms with Crippen LogP contribution in [0.2, 0.25) is 0 Å². The fraction of sp³-hybridized carbons (Fsp3) is 0.200. The van der Waals surface area contributed by atoms with E-state index in [1.807, 2.05) is 12.1 Å². The minimum absolute atomic E-state index is 0.334. The number of rotatable bonds is 4. The molecule has 0 aliphatic carbocycles. The Morgan fingerprint density at radius 2 is 1.50 bits per heavy atom. The highest BCUT2D eigenvalue weighted by Gasteiger charge is 2.13. The van der Waals surface area contributed by atoms with Gasteiger partial charge in [-0.3, -0.25) is 0 Å². The molecule has 106 valence electrons. The number of ether oxygens (including phenoxy) is 2. The maximum absolute atomic E-state index is 13.5. The van der Waals surface area contributed by atoms with Gasteiger partial charge < -0.3 is 15.2 Å². The molecule has 0 aromatic heterocycles. The Balaban J connectivity index is 2.43. The molecule has 2 N–H and O–H groups in total. The van der Waals surface area contributed by atoms with Crippen molar-refractivity contribution < 1.29 is 13.9 Å². The van der Waals surface area contributed by atoms with E-state index in [0.29, 0.717) is 21.5 Å². The molecule has 0 saturated carbocycles. The molecular weight excluding hydrogens is 325 g/mol. The molecule has 0 aliphatic rings. The van der Waals surface area contributed by atoms with Crippen molar-refractivity contribution >= 4 is 15.9 Å². The van der Waals surface area contributed by atoms with Crippen molar-refractivity contribution in [3.63, 3.8) is 0 Å². The molecule has 2 rings (SSSR count). The van der Waals surface area contributed by atoms with Gasteiger partial charge in [-0.1, -0.05) is 15.9 Å². The predicted octanol–water partition coefficient (Wildman–Crippen LogP) is 3.65. The van der Waals surface area contributed by atoms with Crippen LogP contribution in [0, 0.1) is 5.82 Å². The van der Waals surface area contributed by atoms with E-state index in [-0.39, 0.29) is 5.82 Å². The molecule has 1 atom stereocenters. The molecule has 0 aliphatic heterocycles. The molecule has 20 heavy (non-hydrogen) atoms. The van der Waals surface area contributed by atoms with Crippen molar-refractivity contribution in [2.24, 2.45) is 5.73 Å². The number of methoxy groups -OCH3 is 2. The Morgan fingerprint density at radius 3 is 2.00 bits per heavy atom. The summed E-state index contributed by atoms with van der Waals surface area (Å²) >= 11 is 3.27. The van der Waals surface area contributed by atoms with Crippen molar-refractivity contribution in [2.45, 2.75) is 6.04 Å². The summed E-state index contributed by atoms with van der Waals surface area (Å²) in [7, 11) is 3.14. The molecule has 1 unspecified atom stereocenters. The topological polar surface area (TPSA) is 44.5 Å². The van der Waals surface area contributed by atoms with Gasteiger partial charge in [-0.15, -0.1) is 0 Å². The van der Waals surface area contributed by atoms with E-state index in [1.165, 1.54) is 12.1 Å². The lowest BCUT2D eigenvalue weighted by Crippen LogP contribution is -2.12. The van der Waals surface area contributed by atoms with E-state index in [0.717, 1.165) is 5.56 Å². The van der Waals surface area contributed by atoms with Gasteiger partial charge in [0, 0.05) is 10.5 Å². The quantitative estimate of drug-likeness (QED) is 0.924. The minimum atomic E-state index is -0.467. The Kier molecular flexibility index (Phi) is 4.62. The number of nitrogens with two attached hydrogens (primary N) is 1. The van der Waals surface area contributed by atoms with E-state index in [2.05, 4.69) is 15.9 Å². The summed E-state index contributed by atoms with van der Waals surface area (Å²) in [5.41, 5.74) is 7.67. The molecule has 0 spiro atoms. The lowest BCUT2D eigenvalue weighted by atomic mass is 9.99. The van der Waals surface area contributed by atoms with Crippen molar-refractivity contribution in [1.29, 1.82) is 0 Å². The van der Waals surface area contributed by atoms with E-state index in [4.69, 9.17) is 15.2 Å². The number of halogens is 2. The average Bonchev–Trinajstić information content (AvgIpc) is 2.44. The van der Waals surface area contributed by atoms with Crippen molar-refractivity contribution in [3.8, 4) is 11.5 Å². The molecular formula is C15H15BrFNO2. The fourth-order valence-corrected chi connectivity index (χ4v) is 2.44. The third-order valence-electron chi connectivity index (χ3n) is 2.98. The van der Waals surface area contributed by atoms with Crippen molar-refractivity contribution in [2.75, 3.05) is 14.2 Å². The Hall–Kier alpha value is -1.59. The van der Waals surface area contributed by atoms with Crippen molar-refractivity contribution in [1.82, 2.24) is 0 Å². The lowest BCUT2D eigenvalue weighted by Gasteiger charge is -2.15. The monoisotopic (exact) mass is 339 g/mol. The van der Waals surface area contributed by atoms with E-state index in [9.17, 15) is 4.39 Å². The molecule has 2 aromatic carbocycles. The molecule has 0 amide bonds. The first kappa shape index (κ1) is 14.8. The average molecular weight is 340 g/mol. The maximum atomic E-state index is 13.5. The highest BCUT2D eigenvalue weighted by Crippen LogP contribution is 2.30.